The van der Waals surface area contributed by atoms with E-state index in [4.69, 9.17) is 4.43 Å². The maximum atomic E-state index is 11.4. The zero-order valence-corrected chi connectivity index (χ0v) is 12.3. The van der Waals surface area contributed by atoms with Crippen LogP contribution < -0.4 is 5.32 Å². The molecule has 16 heavy (non-hydrogen) atoms. The first kappa shape index (κ1) is 13.7. The van der Waals surface area contributed by atoms with Crippen molar-refractivity contribution in [2.75, 3.05) is 0 Å². The number of hydrogen-bond acceptors (Lipinski definition) is 2. The van der Waals surface area contributed by atoms with Crippen molar-refractivity contribution in [1.29, 1.82) is 0 Å². The molecule has 1 aliphatic rings. The predicted octanol–water partition coefficient (Wildman–Crippen LogP) is 2.07. The third-order valence-corrected chi connectivity index (χ3v) is 3.74. The van der Waals surface area contributed by atoms with Crippen molar-refractivity contribution >= 4 is 14.9 Å². The number of amides is 1. The van der Waals surface area contributed by atoms with Crippen molar-refractivity contribution in [3.05, 3.63) is 0 Å². The molecule has 0 spiro atoms. The van der Waals surface area contributed by atoms with E-state index in [9.17, 15) is 4.79 Å². The smallest absolute Gasteiger partial charge is 0.220 e. The fourth-order valence-corrected chi connectivity index (χ4v) is 3.44. The van der Waals surface area contributed by atoms with Crippen LogP contribution in [0.15, 0.2) is 0 Å². The molecule has 94 valence electrons. The summed E-state index contributed by atoms with van der Waals surface area (Å²) in [5.41, 5.74) is 0.0898. The Kier molecular flexibility index (Phi) is 4.56. The zero-order chi connectivity index (χ0) is 12.3. The van der Waals surface area contributed by atoms with Gasteiger partial charge in [-0.1, -0.05) is 20.8 Å². The fraction of sp³-hybridized carbons (Fsp3) is 0.917. The number of nitrogens with one attached hydrogen (secondary N) is 1. The van der Waals surface area contributed by atoms with Gasteiger partial charge in [0.05, 0.1) is 12.1 Å². The van der Waals surface area contributed by atoms with Gasteiger partial charge >= 0.3 is 0 Å². The molecule has 0 aromatic carbocycles. The van der Waals surface area contributed by atoms with Gasteiger partial charge in [0.25, 0.3) is 0 Å². The summed E-state index contributed by atoms with van der Waals surface area (Å²) in [6, 6.07) is 0.205. The van der Waals surface area contributed by atoms with E-state index in [1.807, 2.05) is 0 Å². The summed E-state index contributed by atoms with van der Waals surface area (Å²) in [6.07, 6.45) is 2.87. The van der Waals surface area contributed by atoms with E-state index < -0.39 is 9.04 Å². The third kappa shape index (κ3) is 3.90. The van der Waals surface area contributed by atoms with Gasteiger partial charge in [-0.15, -0.1) is 0 Å². The molecule has 0 aromatic rings. The molecular formula is C12H25NO2Si. The average molecular weight is 243 g/mol. The Morgan fingerprint density at radius 2 is 2.06 bits per heavy atom. The Labute approximate surface area is 101 Å². The quantitative estimate of drug-likeness (QED) is 0.771. The SMILES string of the molecule is C[SiH](C)OC(C1CCCC(=O)N1)C(C)(C)C. The molecule has 1 aliphatic heterocycles. The molecule has 0 radical (unpaired) electrons. The summed E-state index contributed by atoms with van der Waals surface area (Å²) >= 11 is 0. The van der Waals surface area contributed by atoms with Crippen molar-refractivity contribution in [2.45, 2.75) is 65.3 Å². The van der Waals surface area contributed by atoms with Gasteiger partial charge in [-0.3, -0.25) is 4.79 Å². The molecule has 1 heterocycles. The first-order valence-electron chi connectivity index (χ1n) is 6.25. The molecule has 4 heteroatoms. The lowest BCUT2D eigenvalue weighted by atomic mass is 9.82. The van der Waals surface area contributed by atoms with Gasteiger partial charge in [0.1, 0.15) is 0 Å². The highest BCUT2D eigenvalue weighted by Crippen LogP contribution is 2.29. The number of rotatable bonds is 3. The van der Waals surface area contributed by atoms with E-state index in [-0.39, 0.29) is 23.5 Å². The summed E-state index contributed by atoms with van der Waals surface area (Å²) in [7, 11) is -1.07. The van der Waals surface area contributed by atoms with Crippen molar-refractivity contribution in [3.8, 4) is 0 Å². The molecule has 1 fully saturated rings. The van der Waals surface area contributed by atoms with Gasteiger partial charge in [-0.05, 0) is 31.4 Å². The maximum absolute atomic E-state index is 11.4. The van der Waals surface area contributed by atoms with Crippen molar-refractivity contribution in [1.82, 2.24) is 5.32 Å². The second-order valence-electron chi connectivity index (χ2n) is 6.04. The summed E-state index contributed by atoms with van der Waals surface area (Å²) < 4.78 is 6.13. The first-order chi connectivity index (χ1) is 7.30. The van der Waals surface area contributed by atoms with Gasteiger partial charge in [0, 0.05) is 6.42 Å². The van der Waals surface area contributed by atoms with Crippen LogP contribution in [0.4, 0.5) is 0 Å². The van der Waals surface area contributed by atoms with Crippen LogP contribution in [0.3, 0.4) is 0 Å². The minimum absolute atomic E-state index is 0.0898. The standard InChI is InChI=1S/C12H25NO2Si/c1-12(2,3)11(15-16(4)5)9-7-6-8-10(14)13-9/h9,11,16H,6-8H2,1-5H3,(H,13,14). The molecule has 0 saturated carbocycles. The van der Waals surface area contributed by atoms with Crippen molar-refractivity contribution in [3.63, 3.8) is 0 Å². The first-order valence-corrected chi connectivity index (χ1v) is 9.03. The molecule has 1 rings (SSSR count). The van der Waals surface area contributed by atoms with Crippen LogP contribution in [0.2, 0.25) is 13.1 Å². The molecule has 2 atom stereocenters. The molecule has 1 N–H and O–H groups in total. The van der Waals surface area contributed by atoms with Crippen LogP contribution in [-0.2, 0) is 9.22 Å². The molecular weight excluding hydrogens is 218 g/mol. The predicted molar refractivity (Wildman–Crippen MR) is 69.0 cm³/mol. The Balaban J connectivity index is 2.71. The van der Waals surface area contributed by atoms with Gasteiger partial charge in [0.15, 0.2) is 9.04 Å². The molecule has 0 bridgehead atoms. The minimum Gasteiger partial charge on any atom is -0.415 e. The molecule has 3 nitrogen and oxygen atoms in total. The van der Waals surface area contributed by atoms with Crippen LogP contribution in [0.5, 0.6) is 0 Å². The molecule has 0 aliphatic carbocycles. The zero-order valence-electron chi connectivity index (χ0n) is 11.2. The van der Waals surface area contributed by atoms with Gasteiger partial charge in [-0.25, -0.2) is 0 Å². The highest BCUT2D eigenvalue weighted by Gasteiger charge is 2.35. The van der Waals surface area contributed by atoms with E-state index >= 15 is 0 Å². The van der Waals surface area contributed by atoms with Crippen LogP contribution in [0, 0.1) is 5.41 Å². The minimum atomic E-state index is -1.07. The monoisotopic (exact) mass is 243 g/mol. The molecule has 1 amide bonds. The van der Waals surface area contributed by atoms with E-state index in [0.29, 0.717) is 6.42 Å². The fourth-order valence-electron chi connectivity index (χ4n) is 2.26. The number of carbonyl (C=O) groups is 1. The van der Waals surface area contributed by atoms with Crippen molar-refractivity contribution < 1.29 is 9.22 Å². The highest BCUT2D eigenvalue weighted by molar-refractivity contribution is 6.48. The van der Waals surface area contributed by atoms with E-state index in [1.54, 1.807) is 0 Å². The van der Waals surface area contributed by atoms with Gasteiger partial charge in [-0.2, -0.15) is 0 Å². The lowest BCUT2D eigenvalue weighted by Crippen LogP contribution is -2.53. The van der Waals surface area contributed by atoms with E-state index in [2.05, 4.69) is 39.2 Å². The molecule has 1 saturated heterocycles. The van der Waals surface area contributed by atoms with Crippen LogP contribution in [-0.4, -0.2) is 27.1 Å². The Morgan fingerprint density at radius 1 is 1.44 bits per heavy atom. The second kappa shape index (κ2) is 5.32. The molecule has 0 aromatic heterocycles. The Morgan fingerprint density at radius 3 is 2.50 bits per heavy atom. The van der Waals surface area contributed by atoms with Crippen LogP contribution in [0.25, 0.3) is 0 Å². The maximum Gasteiger partial charge on any atom is 0.220 e. The summed E-state index contributed by atoms with van der Waals surface area (Å²) in [4.78, 5) is 11.4. The van der Waals surface area contributed by atoms with E-state index in [1.165, 1.54) is 0 Å². The topological polar surface area (TPSA) is 38.3 Å². The third-order valence-electron chi connectivity index (χ3n) is 2.90. The number of hydrogen-bond donors (Lipinski definition) is 1. The normalized spacial score (nSPS) is 24.4. The molecule has 2 unspecified atom stereocenters. The van der Waals surface area contributed by atoms with E-state index in [0.717, 1.165) is 12.8 Å². The highest BCUT2D eigenvalue weighted by atomic mass is 28.3. The lowest BCUT2D eigenvalue weighted by Gasteiger charge is -2.40. The number of piperidine rings is 1. The Hall–Kier alpha value is -0.353. The largest absolute Gasteiger partial charge is 0.415 e. The summed E-state index contributed by atoms with van der Waals surface area (Å²) in [5, 5.41) is 3.09. The Bertz CT molecular complexity index is 248. The van der Waals surface area contributed by atoms with Crippen LogP contribution >= 0.6 is 0 Å². The lowest BCUT2D eigenvalue weighted by molar-refractivity contribution is -0.125. The van der Waals surface area contributed by atoms with Crippen LogP contribution in [0.1, 0.15) is 40.0 Å². The number of carbonyl (C=O) groups excluding carboxylic acids is 1. The van der Waals surface area contributed by atoms with Gasteiger partial charge in [0.2, 0.25) is 5.91 Å². The average Bonchev–Trinajstić information content (AvgIpc) is 2.12. The van der Waals surface area contributed by atoms with Gasteiger partial charge < -0.3 is 9.74 Å². The second-order valence-corrected chi connectivity index (χ2v) is 8.41. The summed E-state index contributed by atoms with van der Waals surface area (Å²) in [5.74, 6) is 0.180. The van der Waals surface area contributed by atoms with Crippen molar-refractivity contribution in [2.24, 2.45) is 5.41 Å². The summed E-state index contributed by atoms with van der Waals surface area (Å²) in [6.45, 7) is 10.9.